The molecule has 2 aliphatic rings. The Kier molecular flexibility index (Phi) is 4.40. The number of aryl methyl sites for hydroxylation is 1. The lowest BCUT2D eigenvalue weighted by atomic mass is 9.71. The molecular formula is C19H21ClN2O4. The monoisotopic (exact) mass is 376 g/mol. The first-order valence-electron chi connectivity index (χ1n) is 8.78. The molecule has 1 saturated carbocycles. The Morgan fingerprint density at radius 2 is 2.08 bits per heavy atom. The Balaban J connectivity index is 1.47. The molecule has 1 aliphatic carbocycles. The van der Waals surface area contributed by atoms with E-state index in [1.807, 2.05) is 19.1 Å². The minimum Gasteiger partial charge on any atom is -0.464 e. The van der Waals surface area contributed by atoms with Gasteiger partial charge >= 0.3 is 0 Å². The fourth-order valence-corrected chi connectivity index (χ4v) is 4.22. The maximum Gasteiger partial charge on any atom is 0.224 e. The summed E-state index contributed by atoms with van der Waals surface area (Å²) in [6, 6.07) is 3.45. The van der Waals surface area contributed by atoms with Crippen LogP contribution in [0.2, 0.25) is 5.02 Å². The van der Waals surface area contributed by atoms with Crippen molar-refractivity contribution in [3.05, 3.63) is 34.5 Å². The predicted octanol–water partition coefficient (Wildman–Crippen LogP) is 2.35. The van der Waals surface area contributed by atoms with Gasteiger partial charge in [-0.1, -0.05) is 11.6 Å². The normalized spacial score (nSPS) is 27.0. The Bertz CT molecular complexity index is 878. The van der Waals surface area contributed by atoms with Crippen molar-refractivity contribution in [3.63, 3.8) is 0 Å². The molecule has 4 rings (SSSR count). The number of fused-ring (bicyclic) bond motifs is 2. The highest BCUT2D eigenvalue weighted by atomic mass is 35.5. The smallest absolute Gasteiger partial charge is 0.224 e. The van der Waals surface area contributed by atoms with Crippen molar-refractivity contribution in [3.8, 4) is 0 Å². The van der Waals surface area contributed by atoms with Crippen molar-refractivity contribution in [2.24, 2.45) is 5.92 Å². The highest BCUT2D eigenvalue weighted by molar-refractivity contribution is 6.32. The van der Waals surface area contributed by atoms with Crippen LogP contribution in [0.15, 0.2) is 22.8 Å². The quantitative estimate of drug-likeness (QED) is 0.858. The van der Waals surface area contributed by atoms with Crippen LogP contribution in [0.5, 0.6) is 0 Å². The molecule has 0 unspecified atom stereocenters. The van der Waals surface area contributed by atoms with E-state index in [0.717, 1.165) is 28.5 Å². The maximum absolute atomic E-state index is 12.6. The van der Waals surface area contributed by atoms with Crippen LogP contribution in [-0.2, 0) is 20.7 Å². The van der Waals surface area contributed by atoms with E-state index in [4.69, 9.17) is 20.8 Å². The summed E-state index contributed by atoms with van der Waals surface area (Å²) in [5.74, 6) is 0.0399. The Morgan fingerprint density at radius 3 is 2.85 bits per heavy atom. The van der Waals surface area contributed by atoms with Gasteiger partial charge in [-0.05, 0) is 31.0 Å². The molecule has 1 saturated heterocycles. The first-order valence-corrected chi connectivity index (χ1v) is 9.16. The Labute approximate surface area is 156 Å². The molecule has 2 amide bonds. The molecule has 2 heterocycles. The molecule has 0 radical (unpaired) electrons. The van der Waals surface area contributed by atoms with Crippen molar-refractivity contribution in [1.29, 1.82) is 0 Å². The van der Waals surface area contributed by atoms with E-state index in [1.165, 1.54) is 6.92 Å². The molecule has 4 atom stereocenters. The highest BCUT2D eigenvalue weighted by Crippen LogP contribution is 2.39. The summed E-state index contributed by atoms with van der Waals surface area (Å²) in [6.45, 7) is 4.06. The molecule has 0 spiro atoms. The van der Waals surface area contributed by atoms with Gasteiger partial charge in [-0.3, -0.25) is 9.59 Å². The lowest BCUT2D eigenvalue weighted by Gasteiger charge is -2.47. The average Bonchev–Trinajstić information content (AvgIpc) is 3.17. The number of amides is 2. The van der Waals surface area contributed by atoms with Crippen LogP contribution < -0.4 is 10.6 Å². The van der Waals surface area contributed by atoms with Crippen LogP contribution in [0.1, 0.15) is 24.5 Å². The summed E-state index contributed by atoms with van der Waals surface area (Å²) in [5, 5.41) is 7.46. The second kappa shape index (κ2) is 6.59. The molecule has 1 aromatic carbocycles. The second-order valence-electron chi connectivity index (χ2n) is 7.14. The fourth-order valence-electron chi connectivity index (χ4n) is 4.06. The zero-order valence-corrected chi connectivity index (χ0v) is 15.4. The summed E-state index contributed by atoms with van der Waals surface area (Å²) in [7, 11) is 0. The number of nitrogens with one attached hydrogen (secondary N) is 2. The minimum atomic E-state index is -0.165. The van der Waals surface area contributed by atoms with E-state index in [9.17, 15) is 9.59 Å². The third-order valence-electron chi connectivity index (χ3n) is 5.37. The Hall–Kier alpha value is -2.05. The number of hydrogen-bond acceptors (Lipinski definition) is 4. The Morgan fingerprint density at radius 1 is 1.27 bits per heavy atom. The average molecular weight is 377 g/mol. The third kappa shape index (κ3) is 2.97. The topological polar surface area (TPSA) is 80.6 Å². The van der Waals surface area contributed by atoms with Gasteiger partial charge in [-0.2, -0.15) is 0 Å². The number of furan rings is 1. The van der Waals surface area contributed by atoms with Crippen LogP contribution in [0, 0.1) is 12.8 Å². The molecule has 2 N–H and O–H groups in total. The number of ether oxygens (including phenoxy) is 1. The standard InChI is InChI=1S/C19H21ClN2O4/c1-9-5-15-13(7-14(9)20)11(8-26-15)6-16(24)22-17-12-3-4-25-19(12)18(17)21-10(2)23/h5,7-8,12,17-19H,3-4,6H2,1-2H3,(H,21,23)(H,22,24)/t12-,17+,18-,19-/m1/s1. The van der Waals surface area contributed by atoms with Crippen molar-refractivity contribution in [2.45, 2.75) is 44.9 Å². The summed E-state index contributed by atoms with van der Waals surface area (Å²) in [4.78, 5) is 24.0. The lowest BCUT2D eigenvalue weighted by Crippen LogP contribution is -2.70. The lowest BCUT2D eigenvalue weighted by molar-refractivity contribution is -0.129. The molecule has 0 bridgehead atoms. The summed E-state index contributed by atoms with van der Waals surface area (Å²) < 4.78 is 11.2. The molecule has 7 heteroatoms. The molecule has 138 valence electrons. The van der Waals surface area contributed by atoms with Gasteiger partial charge in [-0.15, -0.1) is 0 Å². The van der Waals surface area contributed by atoms with Crippen molar-refractivity contribution >= 4 is 34.4 Å². The van der Waals surface area contributed by atoms with E-state index in [-0.39, 0.29) is 42.3 Å². The van der Waals surface area contributed by atoms with E-state index in [0.29, 0.717) is 11.6 Å². The van der Waals surface area contributed by atoms with E-state index >= 15 is 0 Å². The highest BCUT2D eigenvalue weighted by Gasteiger charge is 2.54. The molecule has 1 aromatic heterocycles. The van der Waals surface area contributed by atoms with Crippen molar-refractivity contribution in [2.75, 3.05) is 6.61 Å². The number of carbonyl (C=O) groups excluding carboxylic acids is 2. The first-order chi connectivity index (χ1) is 12.4. The van der Waals surface area contributed by atoms with Gasteiger partial charge in [0, 0.05) is 35.4 Å². The van der Waals surface area contributed by atoms with Gasteiger partial charge in [0.05, 0.1) is 30.9 Å². The minimum absolute atomic E-state index is 0.000683. The van der Waals surface area contributed by atoms with Crippen LogP contribution >= 0.6 is 11.6 Å². The molecule has 26 heavy (non-hydrogen) atoms. The summed E-state index contributed by atoms with van der Waals surface area (Å²) >= 11 is 6.20. The van der Waals surface area contributed by atoms with Gasteiger partial charge in [0.15, 0.2) is 0 Å². The van der Waals surface area contributed by atoms with Crippen LogP contribution in [0.4, 0.5) is 0 Å². The molecule has 2 fully saturated rings. The van der Waals surface area contributed by atoms with E-state index < -0.39 is 0 Å². The molecule has 6 nitrogen and oxygen atoms in total. The zero-order chi connectivity index (χ0) is 18.4. The van der Waals surface area contributed by atoms with Gasteiger partial charge in [0.2, 0.25) is 11.8 Å². The van der Waals surface area contributed by atoms with Crippen molar-refractivity contribution in [1.82, 2.24) is 10.6 Å². The summed E-state index contributed by atoms with van der Waals surface area (Å²) in [6.07, 6.45) is 2.71. The predicted molar refractivity (Wildman–Crippen MR) is 97.0 cm³/mol. The molecule has 2 aromatic rings. The summed E-state index contributed by atoms with van der Waals surface area (Å²) in [5.41, 5.74) is 2.46. The maximum atomic E-state index is 12.6. The number of benzene rings is 1. The van der Waals surface area contributed by atoms with Gasteiger partial charge in [0.25, 0.3) is 0 Å². The largest absolute Gasteiger partial charge is 0.464 e. The third-order valence-corrected chi connectivity index (χ3v) is 5.78. The number of rotatable bonds is 4. The van der Waals surface area contributed by atoms with E-state index in [1.54, 1.807) is 6.26 Å². The zero-order valence-electron chi connectivity index (χ0n) is 14.7. The van der Waals surface area contributed by atoms with Crippen LogP contribution in [-0.4, -0.2) is 36.6 Å². The first kappa shape index (κ1) is 17.4. The van der Waals surface area contributed by atoms with Gasteiger partial charge < -0.3 is 19.8 Å². The molecule has 1 aliphatic heterocycles. The second-order valence-corrected chi connectivity index (χ2v) is 7.55. The van der Waals surface area contributed by atoms with Gasteiger partial charge in [0.1, 0.15) is 5.58 Å². The number of halogens is 1. The van der Waals surface area contributed by atoms with Gasteiger partial charge in [-0.25, -0.2) is 0 Å². The van der Waals surface area contributed by atoms with Crippen LogP contribution in [0.25, 0.3) is 11.0 Å². The number of carbonyl (C=O) groups is 2. The molecular weight excluding hydrogens is 356 g/mol. The number of hydrogen-bond donors (Lipinski definition) is 2. The SMILES string of the molecule is CC(=O)N[C@@H]1[C@@H](NC(=O)Cc2coc3cc(C)c(Cl)cc23)[C@H]2CCO[C@H]21. The van der Waals surface area contributed by atoms with Crippen LogP contribution in [0.3, 0.4) is 0 Å². The fraction of sp³-hybridized carbons (Fsp3) is 0.474. The van der Waals surface area contributed by atoms with Crippen molar-refractivity contribution < 1.29 is 18.7 Å². The van der Waals surface area contributed by atoms with E-state index in [2.05, 4.69) is 10.6 Å².